The molecule has 0 saturated carbocycles. The van der Waals surface area contributed by atoms with Gasteiger partial charge in [0.05, 0.1) is 16.1 Å². The van der Waals surface area contributed by atoms with Crippen molar-refractivity contribution in [3.8, 4) is 0 Å². The van der Waals surface area contributed by atoms with Crippen LogP contribution >= 0.6 is 16.1 Å². The number of carboxylic acids is 1. The normalized spacial score (nSPS) is 12.9. The number of nitrogens with zero attached hydrogens (tertiary/aromatic N) is 1. The molecule has 0 fully saturated rings. The molecule has 0 aromatic carbocycles. The molecule has 0 aliphatic heterocycles. The van der Waals surface area contributed by atoms with Crippen molar-refractivity contribution in [3.63, 3.8) is 0 Å². The van der Waals surface area contributed by atoms with Crippen molar-refractivity contribution < 1.29 is 14.7 Å². The summed E-state index contributed by atoms with van der Waals surface area (Å²) < 4.78 is 3.23. The summed E-state index contributed by atoms with van der Waals surface area (Å²) in [5.74, 6) is -1.63. The van der Waals surface area contributed by atoms with Gasteiger partial charge in [-0.25, -0.2) is 4.02 Å². The molecule has 5 nitrogen and oxygen atoms in total. The molecule has 0 radical (unpaired) electrons. The lowest BCUT2D eigenvalue weighted by atomic mass is 10.3. The van der Waals surface area contributed by atoms with Gasteiger partial charge in [0.25, 0.3) is 5.91 Å². The molecule has 1 atom stereocenters. The molecule has 0 aliphatic rings. The summed E-state index contributed by atoms with van der Waals surface area (Å²) >= 11 is 2.64. The second kappa shape index (κ2) is 4.84. The van der Waals surface area contributed by atoms with Crippen LogP contribution in [0.2, 0.25) is 0 Å². The van der Waals surface area contributed by atoms with E-state index in [0.29, 0.717) is 0 Å². The van der Waals surface area contributed by atoms with Gasteiger partial charge in [-0.15, -0.1) is 0 Å². The van der Waals surface area contributed by atoms with Gasteiger partial charge in [-0.1, -0.05) is 0 Å². The Hall–Kier alpha value is -0.910. The van der Waals surface area contributed by atoms with Crippen LogP contribution < -0.4 is 5.32 Å². The second-order valence-electron chi connectivity index (χ2n) is 1.80. The first-order valence-corrected chi connectivity index (χ1v) is 3.46. The highest BCUT2D eigenvalue weighted by Crippen LogP contribution is 1.81. The monoisotopic (exact) mass is 222 g/mol. The zero-order chi connectivity index (χ0) is 8.85. The van der Waals surface area contributed by atoms with E-state index in [9.17, 15) is 9.59 Å². The van der Waals surface area contributed by atoms with Crippen molar-refractivity contribution in [1.82, 2.24) is 5.32 Å². The maximum absolute atomic E-state index is 10.6. The summed E-state index contributed by atoms with van der Waals surface area (Å²) in [5, 5.41) is 10.5. The standard InChI is InChI=1S/C5H7BrN2O3/c1-3(5(10)11)8-4(9)2-7-6/h2-3H,1H3,(H,8,9)(H,10,11)/b7-2+/t3-/m0/s1. The van der Waals surface area contributed by atoms with Gasteiger partial charge in [0.15, 0.2) is 0 Å². The fraction of sp³-hybridized carbons (Fsp3) is 0.400. The lowest BCUT2D eigenvalue weighted by Gasteiger charge is -2.04. The Bertz CT molecular complexity index is 192. The topological polar surface area (TPSA) is 78.8 Å². The molecule has 0 heterocycles. The number of nitrogens with one attached hydrogen (secondary N) is 1. The van der Waals surface area contributed by atoms with Crippen LogP contribution in [-0.4, -0.2) is 29.2 Å². The number of halogens is 1. The van der Waals surface area contributed by atoms with Crippen LogP contribution in [0.5, 0.6) is 0 Å². The van der Waals surface area contributed by atoms with Gasteiger partial charge in [-0.05, 0) is 6.92 Å². The fourth-order valence-electron chi connectivity index (χ4n) is 0.357. The Morgan fingerprint density at radius 1 is 1.73 bits per heavy atom. The van der Waals surface area contributed by atoms with Gasteiger partial charge in [0.1, 0.15) is 12.3 Å². The van der Waals surface area contributed by atoms with Crippen LogP contribution in [0.4, 0.5) is 0 Å². The Labute approximate surface area is 71.8 Å². The molecule has 1 amide bonds. The van der Waals surface area contributed by atoms with E-state index in [-0.39, 0.29) is 0 Å². The highest BCUT2D eigenvalue weighted by molar-refractivity contribution is 9.08. The van der Waals surface area contributed by atoms with Crippen molar-refractivity contribution in [2.75, 3.05) is 0 Å². The minimum atomic E-state index is -1.08. The minimum absolute atomic E-state index is 0.545. The highest BCUT2D eigenvalue weighted by atomic mass is 79.9. The van der Waals surface area contributed by atoms with E-state index in [0.717, 1.165) is 6.21 Å². The van der Waals surface area contributed by atoms with Crippen LogP contribution in [-0.2, 0) is 9.59 Å². The maximum atomic E-state index is 10.6. The van der Waals surface area contributed by atoms with E-state index in [2.05, 4.69) is 25.5 Å². The van der Waals surface area contributed by atoms with Gasteiger partial charge in [-0.3, -0.25) is 9.59 Å². The van der Waals surface area contributed by atoms with Crippen LogP contribution in [0.1, 0.15) is 6.92 Å². The van der Waals surface area contributed by atoms with Gasteiger partial charge < -0.3 is 10.4 Å². The second-order valence-corrected chi connectivity index (χ2v) is 2.20. The summed E-state index contributed by atoms with van der Waals surface area (Å²) in [6, 6.07) is -0.895. The zero-order valence-corrected chi connectivity index (χ0v) is 7.33. The molecular weight excluding hydrogens is 216 g/mol. The third-order valence-corrected chi connectivity index (χ3v) is 1.10. The average Bonchev–Trinajstić information content (AvgIpc) is 1.87. The largest absolute Gasteiger partial charge is 0.480 e. The number of carbonyl (C=O) groups excluding carboxylic acids is 1. The molecule has 11 heavy (non-hydrogen) atoms. The molecule has 2 N–H and O–H groups in total. The third kappa shape index (κ3) is 4.49. The number of amides is 1. The SMILES string of the molecule is C[C@H](NC(=O)/C=N/Br)C(=O)O. The van der Waals surface area contributed by atoms with E-state index < -0.39 is 17.9 Å². The molecule has 0 aromatic heterocycles. The fourth-order valence-corrected chi connectivity index (χ4v) is 0.543. The molecule has 0 saturated heterocycles. The molecule has 0 rings (SSSR count). The molecule has 0 aromatic rings. The number of aliphatic carboxylic acids is 1. The van der Waals surface area contributed by atoms with Crippen molar-refractivity contribution in [2.45, 2.75) is 13.0 Å². The first kappa shape index (κ1) is 10.1. The van der Waals surface area contributed by atoms with Gasteiger partial charge in [0.2, 0.25) is 0 Å². The Morgan fingerprint density at radius 2 is 2.27 bits per heavy atom. The number of carbonyl (C=O) groups is 2. The summed E-state index contributed by atoms with van der Waals surface area (Å²) in [5.41, 5.74) is 0. The minimum Gasteiger partial charge on any atom is -0.480 e. The summed E-state index contributed by atoms with van der Waals surface area (Å²) in [7, 11) is 0. The maximum Gasteiger partial charge on any atom is 0.325 e. The first-order chi connectivity index (χ1) is 5.07. The van der Waals surface area contributed by atoms with E-state index in [4.69, 9.17) is 5.11 Å². The van der Waals surface area contributed by atoms with Crippen molar-refractivity contribution in [3.05, 3.63) is 0 Å². The summed E-state index contributed by atoms with van der Waals surface area (Å²) in [6.45, 7) is 1.36. The smallest absolute Gasteiger partial charge is 0.325 e. The van der Waals surface area contributed by atoms with Crippen LogP contribution in [0.15, 0.2) is 4.02 Å². The van der Waals surface area contributed by atoms with Gasteiger partial charge >= 0.3 is 5.97 Å². The molecular formula is C5H7BrN2O3. The molecule has 0 aliphatic carbocycles. The Balaban J connectivity index is 3.85. The number of hydrogen-bond acceptors (Lipinski definition) is 3. The van der Waals surface area contributed by atoms with Gasteiger partial charge in [0, 0.05) is 0 Å². The van der Waals surface area contributed by atoms with Gasteiger partial charge in [-0.2, -0.15) is 0 Å². The lowest BCUT2D eigenvalue weighted by Crippen LogP contribution is -2.38. The van der Waals surface area contributed by atoms with Crippen molar-refractivity contribution >= 4 is 34.2 Å². The molecule has 6 heteroatoms. The number of carboxylic acid groups (broad SMARTS) is 1. The van der Waals surface area contributed by atoms with E-state index in [1.54, 1.807) is 0 Å². The highest BCUT2D eigenvalue weighted by Gasteiger charge is 2.11. The van der Waals surface area contributed by atoms with E-state index in [1.807, 2.05) is 0 Å². The molecule has 0 spiro atoms. The zero-order valence-electron chi connectivity index (χ0n) is 5.74. The molecule has 0 bridgehead atoms. The first-order valence-electron chi connectivity index (χ1n) is 2.75. The molecule has 0 unspecified atom stereocenters. The van der Waals surface area contributed by atoms with Crippen molar-refractivity contribution in [1.29, 1.82) is 0 Å². The van der Waals surface area contributed by atoms with Crippen molar-refractivity contribution in [2.24, 2.45) is 4.02 Å². The number of hydrogen-bond donors (Lipinski definition) is 2. The van der Waals surface area contributed by atoms with E-state index >= 15 is 0 Å². The average molecular weight is 223 g/mol. The third-order valence-electron chi connectivity index (χ3n) is 0.895. The predicted octanol–water partition coefficient (Wildman–Crippen LogP) is -0.0436. The Kier molecular flexibility index (Phi) is 4.44. The summed E-state index contributed by atoms with van der Waals surface area (Å²) in [4.78, 5) is 20.8. The number of rotatable bonds is 3. The predicted molar refractivity (Wildman–Crippen MR) is 42.7 cm³/mol. The quantitative estimate of drug-likeness (QED) is 0.658. The van der Waals surface area contributed by atoms with Crippen LogP contribution in [0.3, 0.4) is 0 Å². The lowest BCUT2D eigenvalue weighted by molar-refractivity contribution is -0.140. The molecule has 62 valence electrons. The van der Waals surface area contributed by atoms with Crippen LogP contribution in [0.25, 0.3) is 0 Å². The van der Waals surface area contributed by atoms with Crippen LogP contribution in [0, 0.1) is 0 Å². The summed E-state index contributed by atoms with van der Waals surface area (Å²) in [6.07, 6.45) is 0.944. The van der Waals surface area contributed by atoms with E-state index in [1.165, 1.54) is 6.92 Å². The Morgan fingerprint density at radius 3 is 2.64 bits per heavy atom.